The van der Waals surface area contributed by atoms with Crippen molar-refractivity contribution in [2.75, 3.05) is 7.05 Å². The first kappa shape index (κ1) is 9.57. The Morgan fingerprint density at radius 3 is 2.17 bits per heavy atom. The molecule has 1 heterocycles. The molecule has 68 valence electrons. The fraction of sp³-hybridized carbons (Fsp3) is 0.800. The Labute approximate surface area is 74.6 Å². The van der Waals surface area contributed by atoms with Crippen LogP contribution in [0.3, 0.4) is 0 Å². The molecule has 0 aromatic carbocycles. The molecular weight excluding hydrogens is 150 g/mol. The first-order valence-electron chi connectivity index (χ1n) is 4.52. The van der Waals surface area contributed by atoms with E-state index in [9.17, 15) is 5.11 Å². The Balaban J connectivity index is 2.73. The molecule has 2 atom stereocenters. The smallest absolute Gasteiger partial charge is 0.136 e. The lowest BCUT2D eigenvalue weighted by Gasteiger charge is -2.39. The molecule has 0 saturated carbocycles. The first-order chi connectivity index (χ1) is 5.48. The number of quaternary nitrogens is 1. The van der Waals surface area contributed by atoms with Gasteiger partial charge in [0.15, 0.2) is 0 Å². The number of terminal acetylenes is 1. The Kier molecular flexibility index (Phi) is 2.46. The number of piperidine rings is 1. The summed E-state index contributed by atoms with van der Waals surface area (Å²) in [6.07, 6.45) is 6.74. The molecule has 1 fully saturated rings. The van der Waals surface area contributed by atoms with Crippen LogP contribution in [-0.2, 0) is 0 Å². The Hall–Kier alpha value is -0.520. The van der Waals surface area contributed by atoms with Gasteiger partial charge in [-0.05, 0) is 13.8 Å². The summed E-state index contributed by atoms with van der Waals surface area (Å²) in [4.78, 5) is 1.47. The van der Waals surface area contributed by atoms with Gasteiger partial charge in [-0.15, -0.1) is 6.42 Å². The van der Waals surface area contributed by atoms with Crippen molar-refractivity contribution in [2.24, 2.45) is 0 Å². The number of likely N-dealkylation sites (tertiary alicyclic amines) is 1. The van der Waals surface area contributed by atoms with Crippen molar-refractivity contribution in [3.8, 4) is 12.3 Å². The van der Waals surface area contributed by atoms with E-state index < -0.39 is 5.60 Å². The summed E-state index contributed by atoms with van der Waals surface area (Å²) in [5.41, 5.74) is -0.849. The Morgan fingerprint density at radius 2 is 1.83 bits per heavy atom. The van der Waals surface area contributed by atoms with Crippen LogP contribution in [0.4, 0.5) is 0 Å². The van der Waals surface area contributed by atoms with E-state index in [1.165, 1.54) is 4.90 Å². The summed E-state index contributed by atoms with van der Waals surface area (Å²) < 4.78 is 0. The second-order valence-electron chi connectivity index (χ2n) is 4.13. The van der Waals surface area contributed by atoms with Crippen LogP contribution in [0.2, 0.25) is 0 Å². The molecule has 0 aromatic heterocycles. The van der Waals surface area contributed by atoms with Gasteiger partial charge in [0.2, 0.25) is 0 Å². The number of rotatable bonds is 0. The van der Waals surface area contributed by atoms with Gasteiger partial charge in [-0.3, -0.25) is 0 Å². The molecular formula is C10H18NO+. The van der Waals surface area contributed by atoms with Crippen molar-refractivity contribution in [1.29, 1.82) is 0 Å². The molecule has 1 aliphatic heterocycles. The van der Waals surface area contributed by atoms with Crippen LogP contribution in [0.15, 0.2) is 0 Å². The van der Waals surface area contributed by atoms with Gasteiger partial charge in [-0.1, -0.05) is 5.92 Å². The number of aliphatic hydroxyl groups is 1. The van der Waals surface area contributed by atoms with Gasteiger partial charge in [-0.25, -0.2) is 0 Å². The second-order valence-corrected chi connectivity index (χ2v) is 4.13. The minimum absolute atomic E-state index is 0.454. The van der Waals surface area contributed by atoms with E-state index in [1.54, 1.807) is 0 Å². The van der Waals surface area contributed by atoms with Gasteiger partial charge in [0.25, 0.3) is 0 Å². The average Bonchev–Trinajstić information content (AvgIpc) is 2.00. The summed E-state index contributed by atoms with van der Waals surface area (Å²) in [5.74, 6) is 2.50. The molecule has 1 rings (SSSR count). The summed E-state index contributed by atoms with van der Waals surface area (Å²) in [7, 11) is 2.16. The van der Waals surface area contributed by atoms with Gasteiger partial charge < -0.3 is 10.0 Å². The quantitative estimate of drug-likeness (QED) is 0.465. The maximum absolute atomic E-state index is 9.89. The first-order valence-corrected chi connectivity index (χ1v) is 4.52. The van der Waals surface area contributed by atoms with Crippen molar-refractivity contribution in [3.63, 3.8) is 0 Å². The van der Waals surface area contributed by atoms with E-state index in [-0.39, 0.29) is 0 Å². The predicted molar refractivity (Wildman–Crippen MR) is 48.8 cm³/mol. The number of nitrogens with one attached hydrogen (secondary N) is 1. The summed E-state index contributed by atoms with van der Waals surface area (Å²) in [6.45, 7) is 4.26. The SMILES string of the molecule is C#CC1(O)C[C@@H](C)[NH+](C)[C@H](C)C1. The molecule has 2 heteroatoms. The molecule has 12 heavy (non-hydrogen) atoms. The molecule has 0 amide bonds. The average molecular weight is 168 g/mol. The molecule has 1 aliphatic rings. The molecule has 0 spiro atoms. The Bertz CT molecular complexity index is 194. The largest absolute Gasteiger partial charge is 0.377 e. The lowest BCUT2D eigenvalue weighted by atomic mass is 9.84. The third kappa shape index (κ3) is 1.63. The van der Waals surface area contributed by atoms with Crippen LogP contribution in [-0.4, -0.2) is 29.8 Å². The predicted octanol–water partition coefficient (Wildman–Crippen LogP) is -0.564. The minimum atomic E-state index is -0.849. The van der Waals surface area contributed by atoms with Crippen LogP contribution in [0, 0.1) is 12.3 Å². The monoisotopic (exact) mass is 168 g/mol. The topological polar surface area (TPSA) is 24.7 Å². The van der Waals surface area contributed by atoms with Crippen molar-refractivity contribution < 1.29 is 10.0 Å². The van der Waals surface area contributed by atoms with E-state index in [4.69, 9.17) is 6.42 Å². The van der Waals surface area contributed by atoms with Gasteiger partial charge in [0, 0.05) is 12.8 Å². The van der Waals surface area contributed by atoms with Gasteiger partial charge in [-0.2, -0.15) is 0 Å². The molecule has 0 aromatic rings. The highest BCUT2D eigenvalue weighted by atomic mass is 16.3. The summed E-state index contributed by atoms with van der Waals surface area (Å²) >= 11 is 0. The standard InChI is InChI=1S/C10H17NO/c1-5-10(12)6-8(2)11(4)9(3)7-10/h1,8-9,12H,6-7H2,2-4H3/p+1/t8-,9-/m1/s1. The van der Waals surface area contributed by atoms with Crippen LogP contribution < -0.4 is 4.90 Å². The van der Waals surface area contributed by atoms with Gasteiger partial charge in [0.1, 0.15) is 5.60 Å². The molecule has 0 radical (unpaired) electrons. The maximum atomic E-state index is 9.89. The van der Waals surface area contributed by atoms with Crippen LogP contribution in [0.1, 0.15) is 26.7 Å². The number of hydrogen-bond donors (Lipinski definition) is 2. The fourth-order valence-electron chi connectivity index (χ4n) is 2.02. The normalized spacial score (nSPS) is 48.4. The third-order valence-electron chi connectivity index (χ3n) is 3.11. The lowest BCUT2D eigenvalue weighted by Crippen LogP contribution is -3.17. The minimum Gasteiger partial charge on any atom is -0.377 e. The van der Waals surface area contributed by atoms with Crippen molar-refractivity contribution >= 4 is 0 Å². The zero-order valence-electron chi connectivity index (χ0n) is 8.09. The lowest BCUT2D eigenvalue weighted by molar-refractivity contribution is -0.934. The van der Waals surface area contributed by atoms with Crippen LogP contribution in [0.5, 0.6) is 0 Å². The van der Waals surface area contributed by atoms with E-state index in [0.717, 1.165) is 12.8 Å². The van der Waals surface area contributed by atoms with Gasteiger partial charge >= 0.3 is 0 Å². The van der Waals surface area contributed by atoms with Crippen molar-refractivity contribution in [1.82, 2.24) is 0 Å². The van der Waals surface area contributed by atoms with E-state index in [1.807, 2.05) is 0 Å². The molecule has 0 bridgehead atoms. The highest BCUT2D eigenvalue weighted by Crippen LogP contribution is 2.20. The molecule has 1 saturated heterocycles. The summed E-state index contributed by atoms with van der Waals surface area (Å²) in [5, 5.41) is 9.89. The highest BCUT2D eigenvalue weighted by Gasteiger charge is 2.40. The van der Waals surface area contributed by atoms with E-state index in [2.05, 4.69) is 26.8 Å². The molecule has 2 nitrogen and oxygen atoms in total. The highest BCUT2D eigenvalue weighted by molar-refractivity contribution is 5.09. The molecule has 0 aliphatic carbocycles. The van der Waals surface area contributed by atoms with Crippen LogP contribution >= 0.6 is 0 Å². The Morgan fingerprint density at radius 1 is 1.42 bits per heavy atom. The molecule has 2 N–H and O–H groups in total. The second kappa shape index (κ2) is 3.08. The van der Waals surface area contributed by atoms with Crippen molar-refractivity contribution in [3.05, 3.63) is 0 Å². The zero-order chi connectivity index (χ0) is 9.35. The number of hydrogen-bond acceptors (Lipinski definition) is 1. The fourth-order valence-corrected chi connectivity index (χ4v) is 2.02. The van der Waals surface area contributed by atoms with Gasteiger partial charge in [0.05, 0.1) is 19.1 Å². The zero-order valence-corrected chi connectivity index (χ0v) is 8.09. The third-order valence-corrected chi connectivity index (χ3v) is 3.11. The maximum Gasteiger partial charge on any atom is 0.136 e. The van der Waals surface area contributed by atoms with E-state index >= 15 is 0 Å². The molecule has 0 unspecified atom stereocenters. The summed E-state index contributed by atoms with van der Waals surface area (Å²) in [6, 6.07) is 0.907. The van der Waals surface area contributed by atoms with Crippen LogP contribution in [0.25, 0.3) is 0 Å². The van der Waals surface area contributed by atoms with E-state index in [0.29, 0.717) is 12.1 Å². The van der Waals surface area contributed by atoms with Crippen molar-refractivity contribution in [2.45, 2.75) is 44.4 Å².